The smallest absolute Gasteiger partial charge is 0.284 e. The molecule has 3 N–H and O–H groups in total. The maximum atomic E-state index is 5.42. The first-order valence-corrected chi connectivity index (χ1v) is 3.01. The van der Waals surface area contributed by atoms with E-state index in [2.05, 4.69) is 20.9 Å². The van der Waals surface area contributed by atoms with E-state index in [9.17, 15) is 0 Å². The minimum absolute atomic E-state index is 0.660. The van der Waals surface area contributed by atoms with Crippen LogP contribution in [0.15, 0.2) is 22.8 Å². The van der Waals surface area contributed by atoms with Gasteiger partial charge in [-0.2, -0.15) is 0 Å². The quantitative estimate of drug-likeness (QED) is 0.622. The van der Waals surface area contributed by atoms with Crippen LogP contribution in [0.2, 0.25) is 0 Å². The van der Waals surface area contributed by atoms with Crippen LogP contribution in [-0.4, -0.2) is 0 Å². The van der Waals surface area contributed by atoms with E-state index >= 15 is 0 Å². The third-order valence-electron chi connectivity index (χ3n) is 0.835. The van der Waals surface area contributed by atoms with Gasteiger partial charge in [0.15, 0.2) is 0 Å². The second-order valence-corrected chi connectivity index (χ2v) is 2.29. The first-order valence-electron chi connectivity index (χ1n) is 2.22. The van der Waals surface area contributed by atoms with E-state index in [4.69, 9.17) is 5.73 Å². The SMILES string of the molecule is Nc1[nH+]cccc1Br. The number of nitrogens with one attached hydrogen (secondary N) is 1. The van der Waals surface area contributed by atoms with Gasteiger partial charge < -0.3 is 0 Å². The predicted molar refractivity (Wildman–Crippen MR) is 35.1 cm³/mol. The molecule has 1 heterocycles. The van der Waals surface area contributed by atoms with Crippen molar-refractivity contribution in [2.45, 2.75) is 0 Å². The van der Waals surface area contributed by atoms with E-state index in [1.54, 1.807) is 6.20 Å². The number of pyridine rings is 1. The van der Waals surface area contributed by atoms with Gasteiger partial charge >= 0.3 is 0 Å². The number of aromatic amines is 1. The van der Waals surface area contributed by atoms with Crippen molar-refractivity contribution in [1.82, 2.24) is 0 Å². The fourth-order valence-corrected chi connectivity index (χ4v) is 0.696. The van der Waals surface area contributed by atoms with Crippen LogP contribution in [0.5, 0.6) is 0 Å². The van der Waals surface area contributed by atoms with Crippen molar-refractivity contribution in [3.63, 3.8) is 0 Å². The molecule has 0 atom stereocenters. The number of anilines is 1. The van der Waals surface area contributed by atoms with Crippen LogP contribution in [0, 0.1) is 0 Å². The number of nitrogens with two attached hydrogens (primary N) is 1. The lowest BCUT2D eigenvalue weighted by Crippen LogP contribution is -2.08. The van der Waals surface area contributed by atoms with Gasteiger partial charge in [-0.1, -0.05) is 0 Å². The zero-order valence-corrected chi connectivity index (χ0v) is 5.77. The molecule has 0 aliphatic rings. The summed E-state index contributed by atoms with van der Waals surface area (Å²) in [6, 6.07) is 3.76. The molecule has 8 heavy (non-hydrogen) atoms. The number of H-pyrrole nitrogens is 1. The second kappa shape index (κ2) is 2.13. The van der Waals surface area contributed by atoms with Gasteiger partial charge in [-0.05, 0) is 28.1 Å². The van der Waals surface area contributed by atoms with Crippen LogP contribution in [0.4, 0.5) is 5.82 Å². The van der Waals surface area contributed by atoms with Crippen LogP contribution in [0.1, 0.15) is 0 Å². The fourth-order valence-electron chi connectivity index (χ4n) is 0.429. The Morgan fingerprint density at radius 3 is 2.75 bits per heavy atom. The summed E-state index contributed by atoms with van der Waals surface area (Å²) in [7, 11) is 0. The van der Waals surface area contributed by atoms with Gasteiger partial charge in [0.1, 0.15) is 4.47 Å². The molecule has 1 aromatic rings. The normalized spacial score (nSPS) is 9.12. The second-order valence-electron chi connectivity index (χ2n) is 1.43. The Labute approximate surface area is 55.9 Å². The Bertz CT molecular complexity index is 167. The van der Waals surface area contributed by atoms with Crippen LogP contribution < -0.4 is 10.7 Å². The summed E-state index contributed by atoms with van der Waals surface area (Å²) < 4.78 is 0.903. The molecule has 1 aromatic heterocycles. The number of hydrogen-bond donors (Lipinski definition) is 1. The van der Waals surface area contributed by atoms with E-state index in [1.165, 1.54) is 0 Å². The number of hydrogen-bond acceptors (Lipinski definition) is 1. The Morgan fingerprint density at radius 2 is 2.38 bits per heavy atom. The van der Waals surface area contributed by atoms with E-state index < -0.39 is 0 Å². The molecular weight excluding hydrogens is 168 g/mol. The molecule has 0 unspecified atom stereocenters. The summed E-state index contributed by atoms with van der Waals surface area (Å²) in [5.41, 5.74) is 5.42. The maximum Gasteiger partial charge on any atom is 0.284 e. The highest BCUT2D eigenvalue weighted by molar-refractivity contribution is 9.10. The highest BCUT2D eigenvalue weighted by Gasteiger charge is 1.95. The molecule has 0 aliphatic carbocycles. The Hall–Kier alpha value is -0.570. The largest absolute Gasteiger partial charge is 0.286 e. The average Bonchev–Trinajstić information content (AvgIpc) is 1.77. The van der Waals surface area contributed by atoms with Crippen molar-refractivity contribution in [2.24, 2.45) is 0 Å². The lowest BCUT2D eigenvalue weighted by atomic mass is 10.5. The summed E-state index contributed by atoms with van der Waals surface area (Å²) >= 11 is 3.24. The molecule has 0 spiro atoms. The summed E-state index contributed by atoms with van der Waals surface area (Å²) in [6.45, 7) is 0. The Balaban J connectivity index is 3.13. The third-order valence-corrected chi connectivity index (χ3v) is 1.53. The van der Waals surface area contributed by atoms with E-state index in [0.717, 1.165) is 4.47 Å². The first kappa shape index (κ1) is 5.56. The monoisotopic (exact) mass is 173 g/mol. The van der Waals surface area contributed by atoms with Gasteiger partial charge in [0.25, 0.3) is 5.82 Å². The standard InChI is InChI=1S/C5H5BrN2/c6-4-2-1-3-8-5(4)7/h1-3H,(H2,7,8)/p+1. The van der Waals surface area contributed by atoms with E-state index in [1.807, 2.05) is 12.1 Å². The van der Waals surface area contributed by atoms with Crippen molar-refractivity contribution in [1.29, 1.82) is 0 Å². The summed E-state index contributed by atoms with van der Waals surface area (Å²) in [5.74, 6) is 0.660. The van der Waals surface area contributed by atoms with Crippen LogP contribution >= 0.6 is 15.9 Å². The topological polar surface area (TPSA) is 40.2 Å². The van der Waals surface area contributed by atoms with Crippen molar-refractivity contribution < 1.29 is 4.98 Å². The van der Waals surface area contributed by atoms with Gasteiger partial charge in [0.05, 0.1) is 6.20 Å². The van der Waals surface area contributed by atoms with E-state index in [0.29, 0.717) is 5.82 Å². The van der Waals surface area contributed by atoms with Crippen molar-refractivity contribution in [3.05, 3.63) is 22.8 Å². The number of halogens is 1. The molecule has 2 nitrogen and oxygen atoms in total. The molecular formula is C5H6BrN2+. The lowest BCUT2D eigenvalue weighted by Gasteiger charge is -1.84. The van der Waals surface area contributed by atoms with Gasteiger partial charge in [-0.15, -0.1) is 0 Å². The van der Waals surface area contributed by atoms with Crippen LogP contribution in [-0.2, 0) is 0 Å². The molecule has 42 valence electrons. The molecule has 0 aromatic carbocycles. The average molecular weight is 174 g/mol. The molecule has 1 rings (SSSR count). The van der Waals surface area contributed by atoms with E-state index in [-0.39, 0.29) is 0 Å². The minimum atomic E-state index is 0.660. The maximum absolute atomic E-state index is 5.42. The summed E-state index contributed by atoms with van der Waals surface area (Å²) in [5, 5.41) is 0. The molecule has 0 fully saturated rings. The molecule has 3 heteroatoms. The third kappa shape index (κ3) is 0.980. The predicted octanol–water partition coefficient (Wildman–Crippen LogP) is 0.845. The fraction of sp³-hybridized carbons (Fsp3) is 0. The highest BCUT2D eigenvalue weighted by Crippen LogP contribution is 2.10. The van der Waals surface area contributed by atoms with Gasteiger partial charge in [0, 0.05) is 0 Å². The number of rotatable bonds is 0. The Kier molecular flexibility index (Phi) is 1.48. The Morgan fingerprint density at radius 1 is 1.62 bits per heavy atom. The highest BCUT2D eigenvalue weighted by atomic mass is 79.9. The summed E-state index contributed by atoms with van der Waals surface area (Å²) in [4.78, 5) is 2.83. The molecule has 0 amide bonds. The zero-order chi connectivity index (χ0) is 5.98. The molecule has 0 saturated heterocycles. The zero-order valence-electron chi connectivity index (χ0n) is 4.19. The summed E-state index contributed by atoms with van der Waals surface area (Å²) in [6.07, 6.45) is 1.78. The van der Waals surface area contributed by atoms with Crippen molar-refractivity contribution >= 4 is 21.7 Å². The number of aromatic nitrogens is 1. The molecule has 0 saturated carbocycles. The van der Waals surface area contributed by atoms with Crippen LogP contribution in [0.25, 0.3) is 0 Å². The van der Waals surface area contributed by atoms with Gasteiger partial charge in [-0.25, -0.2) is 4.98 Å². The molecule has 0 aliphatic heterocycles. The number of nitrogen functional groups attached to an aromatic ring is 1. The molecule has 0 bridgehead atoms. The first-order chi connectivity index (χ1) is 3.80. The molecule has 0 radical (unpaired) electrons. The van der Waals surface area contributed by atoms with Crippen molar-refractivity contribution in [3.8, 4) is 0 Å². The van der Waals surface area contributed by atoms with Crippen LogP contribution in [0.3, 0.4) is 0 Å². The lowest BCUT2D eigenvalue weighted by molar-refractivity contribution is -0.361. The van der Waals surface area contributed by atoms with Gasteiger partial charge in [-0.3, -0.25) is 5.73 Å². The minimum Gasteiger partial charge on any atom is -0.286 e. The van der Waals surface area contributed by atoms with Gasteiger partial charge in [0.2, 0.25) is 0 Å². The van der Waals surface area contributed by atoms with Crippen molar-refractivity contribution in [2.75, 3.05) is 5.73 Å².